The number of nitrogens with two attached hydrogens (primary N) is 1. The van der Waals surface area contributed by atoms with E-state index in [1.54, 1.807) is 36.7 Å². The predicted octanol–water partition coefficient (Wildman–Crippen LogP) is 3.75. The van der Waals surface area contributed by atoms with Crippen molar-refractivity contribution in [2.45, 2.75) is 38.5 Å². The number of primary amides is 1. The number of amides is 3. The second-order valence-electron chi connectivity index (χ2n) is 6.69. The zero-order valence-corrected chi connectivity index (χ0v) is 15.8. The third-order valence-corrected chi connectivity index (χ3v) is 5.55. The van der Waals surface area contributed by atoms with Crippen molar-refractivity contribution in [2.75, 3.05) is 10.6 Å². The number of hydrogen-bond donors (Lipinski definition) is 3. The molecule has 3 rings (SSSR count). The summed E-state index contributed by atoms with van der Waals surface area (Å²) in [5.74, 6) is -1.03. The average molecular weight is 386 g/mol. The number of rotatable bonds is 6. The molecule has 4 N–H and O–H groups in total. The van der Waals surface area contributed by atoms with Crippen molar-refractivity contribution in [3.05, 3.63) is 40.9 Å². The van der Waals surface area contributed by atoms with Crippen molar-refractivity contribution in [2.24, 2.45) is 11.7 Å². The van der Waals surface area contributed by atoms with E-state index >= 15 is 0 Å². The van der Waals surface area contributed by atoms with Gasteiger partial charge in [0.05, 0.1) is 11.6 Å². The predicted molar refractivity (Wildman–Crippen MR) is 105 cm³/mol. The number of Topliss-reactive ketones (excluding diaryl/α,β-unsaturated/α-hetero) is 1. The first kappa shape index (κ1) is 19.0. The molecule has 1 atom stereocenters. The minimum Gasteiger partial charge on any atom is -0.369 e. The molecule has 1 aliphatic carbocycles. The molecule has 142 valence electrons. The van der Waals surface area contributed by atoms with Gasteiger partial charge in [-0.2, -0.15) is 0 Å². The van der Waals surface area contributed by atoms with E-state index in [0.717, 1.165) is 25.7 Å². The molecule has 1 fully saturated rings. The van der Waals surface area contributed by atoms with E-state index in [1.165, 1.54) is 11.3 Å². The molecule has 27 heavy (non-hydrogen) atoms. The Balaban J connectivity index is 1.87. The summed E-state index contributed by atoms with van der Waals surface area (Å²) in [4.78, 5) is 40.8. The number of carbonyl (C=O) groups excluding carboxylic acids is 3. The van der Waals surface area contributed by atoms with Crippen LogP contribution < -0.4 is 16.4 Å². The number of nitrogens with one attached hydrogen (secondary N) is 2. The lowest BCUT2D eigenvalue weighted by atomic mass is 9.91. The van der Waals surface area contributed by atoms with Crippen molar-refractivity contribution in [3.8, 4) is 0 Å². The maximum Gasteiger partial charge on any atom is 0.325 e. The van der Waals surface area contributed by atoms with Crippen LogP contribution in [0.2, 0.25) is 0 Å². The molecule has 3 amide bonds. The molecule has 0 saturated heterocycles. The highest BCUT2D eigenvalue weighted by molar-refractivity contribution is 7.13. The monoisotopic (exact) mass is 386 g/mol. The Hall–Kier alpha value is -2.74. The lowest BCUT2D eigenvalue weighted by molar-refractivity contribution is -0.119. The van der Waals surface area contributed by atoms with Crippen LogP contribution in [0.3, 0.4) is 0 Å². The summed E-state index contributed by atoms with van der Waals surface area (Å²) >= 11 is 1.30. The second-order valence-corrected chi connectivity index (χ2v) is 7.59. The van der Waals surface area contributed by atoms with Crippen LogP contribution >= 0.6 is 11.3 Å². The summed E-state index contributed by atoms with van der Waals surface area (Å²) in [5.41, 5.74) is 6.90. The minimum atomic E-state index is -0.515. The SMILES string of the molecule is CC(C(N)=O)c1ccc(NC(=O)Nc2nccs2)c(C(=O)C2CCCC2)c1. The number of urea groups is 1. The topological polar surface area (TPSA) is 114 Å². The van der Waals surface area contributed by atoms with Gasteiger partial charge in [-0.3, -0.25) is 14.9 Å². The highest BCUT2D eigenvalue weighted by Gasteiger charge is 2.27. The van der Waals surface area contributed by atoms with Crippen molar-refractivity contribution in [1.82, 2.24) is 4.98 Å². The molecular weight excluding hydrogens is 364 g/mol. The first-order chi connectivity index (χ1) is 13.0. The van der Waals surface area contributed by atoms with E-state index in [9.17, 15) is 14.4 Å². The molecule has 2 aromatic rings. The summed E-state index contributed by atoms with van der Waals surface area (Å²) in [6.07, 6.45) is 5.34. The molecule has 0 bridgehead atoms. The van der Waals surface area contributed by atoms with Crippen LogP contribution in [-0.2, 0) is 4.79 Å². The first-order valence-corrected chi connectivity index (χ1v) is 9.78. The summed E-state index contributed by atoms with van der Waals surface area (Å²) in [6.45, 7) is 1.70. The van der Waals surface area contributed by atoms with Gasteiger partial charge in [-0.15, -0.1) is 11.3 Å². The van der Waals surface area contributed by atoms with E-state index in [1.807, 2.05) is 0 Å². The van der Waals surface area contributed by atoms with Gasteiger partial charge in [0.1, 0.15) is 0 Å². The lowest BCUT2D eigenvalue weighted by Crippen LogP contribution is -2.23. The highest BCUT2D eigenvalue weighted by Crippen LogP contribution is 2.32. The Morgan fingerprint density at radius 3 is 2.59 bits per heavy atom. The molecule has 0 spiro atoms. The Bertz CT molecular complexity index is 845. The Morgan fingerprint density at radius 1 is 1.22 bits per heavy atom. The number of aromatic nitrogens is 1. The summed E-state index contributed by atoms with van der Waals surface area (Å²) in [6, 6.07) is 4.56. The van der Waals surface area contributed by atoms with Gasteiger partial charge in [-0.05, 0) is 37.5 Å². The quantitative estimate of drug-likeness (QED) is 0.656. The van der Waals surface area contributed by atoms with Crippen LogP contribution in [-0.4, -0.2) is 22.7 Å². The number of carbonyl (C=O) groups is 3. The Kier molecular flexibility index (Phi) is 5.85. The van der Waals surface area contributed by atoms with Gasteiger partial charge >= 0.3 is 6.03 Å². The molecule has 1 aromatic heterocycles. The molecule has 1 aliphatic rings. The van der Waals surface area contributed by atoms with Crippen LogP contribution in [0.15, 0.2) is 29.8 Å². The van der Waals surface area contributed by atoms with Gasteiger partial charge in [0.15, 0.2) is 10.9 Å². The molecule has 0 radical (unpaired) electrons. The van der Waals surface area contributed by atoms with Crippen LogP contribution in [0.1, 0.15) is 54.4 Å². The number of benzene rings is 1. The third kappa shape index (κ3) is 4.51. The van der Waals surface area contributed by atoms with Crippen molar-refractivity contribution in [3.63, 3.8) is 0 Å². The summed E-state index contributed by atoms with van der Waals surface area (Å²) in [7, 11) is 0. The second kappa shape index (κ2) is 8.30. The van der Waals surface area contributed by atoms with E-state index in [4.69, 9.17) is 5.73 Å². The fraction of sp³-hybridized carbons (Fsp3) is 0.368. The van der Waals surface area contributed by atoms with E-state index in [2.05, 4.69) is 15.6 Å². The number of ketones is 1. The lowest BCUT2D eigenvalue weighted by Gasteiger charge is -2.17. The maximum atomic E-state index is 13.0. The van der Waals surface area contributed by atoms with Crippen LogP contribution in [0.25, 0.3) is 0 Å². The zero-order chi connectivity index (χ0) is 19.4. The molecule has 1 aromatic carbocycles. The number of anilines is 2. The molecule has 8 heteroatoms. The Labute approximate surface area is 161 Å². The van der Waals surface area contributed by atoms with E-state index in [-0.39, 0.29) is 11.7 Å². The van der Waals surface area contributed by atoms with Crippen molar-refractivity contribution >= 4 is 39.9 Å². The zero-order valence-electron chi connectivity index (χ0n) is 15.0. The largest absolute Gasteiger partial charge is 0.369 e. The molecule has 0 aliphatic heterocycles. The fourth-order valence-electron chi connectivity index (χ4n) is 3.25. The normalized spacial score (nSPS) is 15.3. The summed E-state index contributed by atoms with van der Waals surface area (Å²) < 4.78 is 0. The van der Waals surface area contributed by atoms with Crippen LogP contribution in [0.5, 0.6) is 0 Å². The molecule has 1 heterocycles. The Morgan fingerprint density at radius 2 is 1.96 bits per heavy atom. The minimum absolute atomic E-state index is 0.00410. The maximum absolute atomic E-state index is 13.0. The van der Waals surface area contributed by atoms with Gasteiger partial charge in [0.2, 0.25) is 5.91 Å². The third-order valence-electron chi connectivity index (χ3n) is 4.86. The van der Waals surface area contributed by atoms with E-state index < -0.39 is 17.9 Å². The van der Waals surface area contributed by atoms with Gasteiger partial charge in [-0.25, -0.2) is 9.78 Å². The number of thiazole rings is 1. The average Bonchev–Trinajstić information content (AvgIpc) is 3.34. The van der Waals surface area contributed by atoms with E-state index in [0.29, 0.717) is 21.9 Å². The van der Waals surface area contributed by atoms with Crippen molar-refractivity contribution in [1.29, 1.82) is 0 Å². The van der Waals surface area contributed by atoms with Gasteiger partial charge < -0.3 is 11.1 Å². The number of nitrogens with zero attached hydrogens (tertiary/aromatic N) is 1. The molecular formula is C19H22N4O3S. The summed E-state index contributed by atoms with van der Waals surface area (Å²) in [5, 5.41) is 7.58. The molecule has 1 unspecified atom stereocenters. The smallest absolute Gasteiger partial charge is 0.325 e. The highest BCUT2D eigenvalue weighted by atomic mass is 32.1. The standard InChI is InChI=1S/C19H22N4O3S/c1-11(17(20)25)13-6-7-15(22-18(26)23-19-21-8-9-27-19)14(10-13)16(24)12-4-2-3-5-12/h6-12H,2-5H2,1H3,(H2,20,25)(H2,21,22,23,26). The van der Waals surface area contributed by atoms with Crippen LogP contribution in [0.4, 0.5) is 15.6 Å². The fourth-order valence-corrected chi connectivity index (χ4v) is 3.78. The van der Waals surface area contributed by atoms with Gasteiger partial charge in [0, 0.05) is 23.1 Å². The molecule has 1 saturated carbocycles. The molecule has 7 nitrogen and oxygen atoms in total. The van der Waals surface area contributed by atoms with Crippen LogP contribution in [0, 0.1) is 5.92 Å². The van der Waals surface area contributed by atoms with Gasteiger partial charge in [-0.1, -0.05) is 18.9 Å². The first-order valence-electron chi connectivity index (χ1n) is 8.90. The number of hydrogen-bond acceptors (Lipinski definition) is 5. The van der Waals surface area contributed by atoms with Crippen molar-refractivity contribution < 1.29 is 14.4 Å². The van der Waals surface area contributed by atoms with Gasteiger partial charge in [0.25, 0.3) is 0 Å².